The first-order chi connectivity index (χ1) is 15.3. The molecule has 2 heterocycles. The van der Waals surface area contributed by atoms with Crippen molar-refractivity contribution in [3.63, 3.8) is 0 Å². The molecule has 0 spiro atoms. The molecule has 0 saturated carbocycles. The lowest BCUT2D eigenvalue weighted by atomic mass is 10.1. The molecule has 0 bridgehead atoms. The van der Waals surface area contributed by atoms with E-state index in [0.717, 1.165) is 26.1 Å². The van der Waals surface area contributed by atoms with Crippen LogP contribution in [0, 0.1) is 0 Å². The van der Waals surface area contributed by atoms with E-state index in [1.165, 1.54) is 89.9 Å². The normalized spacial score (nSPS) is 22.4. The quantitative estimate of drug-likeness (QED) is 0.0985. The van der Waals surface area contributed by atoms with Crippen molar-refractivity contribution in [3.05, 3.63) is 24.3 Å². The highest BCUT2D eigenvalue weighted by atomic mass is 16.6. The topological polar surface area (TPSA) is 34.3 Å². The Labute approximate surface area is 193 Å². The van der Waals surface area contributed by atoms with Crippen LogP contribution in [0.15, 0.2) is 24.3 Å². The third-order valence-corrected chi connectivity index (χ3v) is 6.37. The fraction of sp³-hybridized carbons (Fsp3) is 0.857. The first kappa shape index (κ1) is 26.6. The molecule has 0 amide bonds. The first-order valence-corrected chi connectivity index (χ1v) is 13.6. The van der Waals surface area contributed by atoms with Crippen molar-refractivity contribution in [1.82, 2.24) is 0 Å². The summed E-state index contributed by atoms with van der Waals surface area (Å²) in [4.78, 5) is 0. The van der Waals surface area contributed by atoms with Crippen LogP contribution in [0.4, 0.5) is 0 Å². The van der Waals surface area contributed by atoms with Crippen LogP contribution in [0.1, 0.15) is 117 Å². The molecule has 3 heteroatoms. The average molecular weight is 435 g/mol. The maximum Gasteiger partial charge on any atom is 0.111 e. The molecule has 4 atom stereocenters. The molecule has 2 aliphatic heterocycles. The minimum absolute atomic E-state index is 0.0713. The Morgan fingerprint density at radius 1 is 0.613 bits per heavy atom. The third-order valence-electron chi connectivity index (χ3n) is 6.37. The van der Waals surface area contributed by atoms with Gasteiger partial charge in [-0.3, -0.25) is 0 Å². The predicted molar refractivity (Wildman–Crippen MR) is 132 cm³/mol. The second-order valence-corrected chi connectivity index (χ2v) is 9.49. The molecule has 0 aromatic carbocycles. The molecule has 4 unspecified atom stereocenters. The van der Waals surface area contributed by atoms with Crippen LogP contribution in [-0.2, 0) is 14.2 Å². The molecule has 0 radical (unpaired) electrons. The van der Waals surface area contributed by atoms with Crippen LogP contribution in [0.3, 0.4) is 0 Å². The maximum absolute atomic E-state index is 6.42. The second kappa shape index (κ2) is 17.9. The van der Waals surface area contributed by atoms with E-state index in [4.69, 9.17) is 14.2 Å². The molecule has 2 rings (SSSR count). The van der Waals surface area contributed by atoms with Gasteiger partial charge in [-0.15, -0.1) is 0 Å². The number of epoxide rings is 2. The monoisotopic (exact) mass is 434 g/mol. The van der Waals surface area contributed by atoms with E-state index in [9.17, 15) is 0 Å². The molecule has 180 valence electrons. The van der Waals surface area contributed by atoms with Gasteiger partial charge in [0.25, 0.3) is 0 Å². The van der Waals surface area contributed by atoms with Gasteiger partial charge >= 0.3 is 0 Å². The van der Waals surface area contributed by atoms with Crippen molar-refractivity contribution < 1.29 is 14.2 Å². The van der Waals surface area contributed by atoms with E-state index >= 15 is 0 Å². The van der Waals surface area contributed by atoms with Crippen LogP contribution >= 0.6 is 0 Å². The lowest BCUT2D eigenvalue weighted by Gasteiger charge is -2.18. The van der Waals surface area contributed by atoms with Gasteiger partial charge in [0.05, 0.1) is 13.2 Å². The van der Waals surface area contributed by atoms with Gasteiger partial charge in [-0.2, -0.15) is 0 Å². The van der Waals surface area contributed by atoms with Gasteiger partial charge in [0.1, 0.15) is 24.4 Å². The van der Waals surface area contributed by atoms with Crippen molar-refractivity contribution in [2.75, 3.05) is 13.2 Å². The minimum atomic E-state index is 0.0713. The van der Waals surface area contributed by atoms with Crippen molar-refractivity contribution in [1.29, 1.82) is 0 Å². The van der Waals surface area contributed by atoms with Gasteiger partial charge in [-0.1, -0.05) is 115 Å². The number of rotatable bonds is 22. The molecule has 31 heavy (non-hydrogen) atoms. The van der Waals surface area contributed by atoms with Crippen molar-refractivity contribution in [2.24, 2.45) is 0 Å². The summed E-state index contributed by atoms with van der Waals surface area (Å²) in [5, 5.41) is 0. The molecule has 2 saturated heterocycles. The average Bonchev–Trinajstić information content (AvgIpc) is 3.68. The Morgan fingerprint density at radius 3 is 1.32 bits per heavy atom. The van der Waals surface area contributed by atoms with Crippen LogP contribution in [-0.4, -0.2) is 37.6 Å². The molecule has 2 aliphatic rings. The molecular formula is C28H50O3. The largest absolute Gasteiger partial charge is 0.370 e. The van der Waals surface area contributed by atoms with Crippen LogP contribution in [0.5, 0.6) is 0 Å². The van der Waals surface area contributed by atoms with Crippen molar-refractivity contribution >= 4 is 0 Å². The zero-order chi connectivity index (χ0) is 22.0. The number of allylic oxidation sites excluding steroid dienone is 2. The summed E-state index contributed by atoms with van der Waals surface area (Å²) in [7, 11) is 0. The fourth-order valence-corrected chi connectivity index (χ4v) is 4.09. The van der Waals surface area contributed by atoms with E-state index in [1.54, 1.807) is 0 Å². The second-order valence-electron chi connectivity index (χ2n) is 9.49. The van der Waals surface area contributed by atoms with Gasteiger partial charge < -0.3 is 14.2 Å². The number of ether oxygens (including phenoxy) is 3. The Hall–Kier alpha value is -0.640. The fourth-order valence-electron chi connectivity index (χ4n) is 4.09. The van der Waals surface area contributed by atoms with Crippen molar-refractivity contribution in [2.45, 2.75) is 141 Å². The Balaban J connectivity index is 1.59. The summed E-state index contributed by atoms with van der Waals surface area (Å²) in [5.74, 6) is 0. The zero-order valence-corrected chi connectivity index (χ0v) is 20.6. The summed E-state index contributed by atoms with van der Waals surface area (Å²) in [6.07, 6.45) is 31.1. The Kier molecular flexibility index (Phi) is 15.3. The van der Waals surface area contributed by atoms with E-state index in [2.05, 4.69) is 38.2 Å². The van der Waals surface area contributed by atoms with Crippen molar-refractivity contribution in [3.8, 4) is 0 Å². The lowest BCUT2D eigenvalue weighted by molar-refractivity contribution is 0.0113. The van der Waals surface area contributed by atoms with E-state index in [0.29, 0.717) is 0 Å². The maximum atomic E-state index is 6.42. The lowest BCUT2D eigenvalue weighted by Crippen LogP contribution is -2.27. The molecule has 2 fully saturated rings. The van der Waals surface area contributed by atoms with Gasteiger partial charge in [0, 0.05) is 0 Å². The molecule has 0 aliphatic carbocycles. The van der Waals surface area contributed by atoms with E-state index in [-0.39, 0.29) is 24.4 Å². The van der Waals surface area contributed by atoms with Crippen LogP contribution in [0.2, 0.25) is 0 Å². The highest BCUT2D eigenvalue weighted by Crippen LogP contribution is 2.26. The summed E-state index contributed by atoms with van der Waals surface area (Å²) in [6, 6.07) is 0. The van der Waals surface area contributed by atoms with E-state index in [1.807, 2.05) is 0 Å². The number of hydrogen-bond acceptors (Lipinski definition) is 3. The highest BCUT2D eigenvalue weighted by molar-refractivity contribution is 5.03. The summed E-state index contributed by atoms with van der Waals surface area (Å²) < 4.78 is 17.5. The molecule has 3 nitrogen and oxygen atoms in total. The molecule has 0 aromatic rings. The Morgan fingerprint density at radius 2 is 0.968 bits per heavy atom. The number of unbranched alkanes of at least 4 members (excludes halogenated alkanes) is 14. The first-order valence-electron chi connectivity index (χ1n) is 13.6. The number of hydrogen-bond donors (Lipinski definition) is 0. The molecular weight excluding hydrogens is 384 g/mol. The molecule has 0 aromatic heterocycles. The van der Waals surface area contributed by atoms with Gasteiger partial charge in [0.15, 0.2) is 0 Å². The van der Waals surface area contributed by atoms with Crippen LogP contribution in [0.25, 0.3) is 0 Å². The highest BCUT2D eigenvalue weighted by Gasteiger charge is 2.38. The Bertz CT molecular complexity index is 423. The van der Waals surface area contributed by atoms with Gasteiger partial charge in [-0.05, 0) is 25.7 Å². The standard InChI is InChI=1S/C28H50O3/c1-3-5-7-9-11-13-15-17-19-21-25(27-23-29-27)31-26(28-24-30-28)22-20-18-16-14-12-10-8-6-4-2/h19-22,25-28H,3-18,23-24H2,1-2H3/b21-19+,22-20+. The third kappa shape index (κ3) is 14.2. The summed E-state index contributed by atoms with van der Waals surface area (Å²) in [5.41, 5.74) is 0. The van der Waals surface area contributed by atoms with E-state index < -0.39 is 0 Å². The summed E-state index contributed by atoms with van der Waals surface area (Å²) >= 11 is 0. The van der Waals surface area contributed by atoms with Gasteiger partial charge in [-0.25, -0.2) is 0 Å². The minimum Gasteiger partial charge on any atom is -0.370 e. The SMILES string of the molecule is CCCCCCCCC/C=C/C(OC(/C=C/CCCCCCCCC)C1CO1)C1CO1. The van der Waals surface area contributed by atoms with Gasteiger partial charge in [0.2, 0.25) is 0 Å². The zero-order valence-electron chi connectivity index (χ0n) is 20.6. The summed E-state index contributed by atoms with van der Waals surface area (Å²) in [6.45, 7) is 6.21. The van der Waals surface area contributed by atoms with Crippen LogP contribution < -0.4 is 0 Å². The predicted octanol–water partition coefficient (Wildman–Crippen LogP) is 7.93. The molecule has 0 N–H and O–H groups in total. The smallest absolute Gasteiger partial charge is 0.111 e.